The molecule has 38 heavy (non-hydrogen) atoms. The van der Waals surface area contributed by atoms with E-state index < -0.39 is 0 Å². The Bertz CT molecular complexity index is 571. The van der Waals surface area contributed by atoms with Gasteiger partial charge in [0.05, 0.1) is 6.61 Å². The van der Waals surface area contributed by atoms with Gasteiger partial charge in [-0.15, -0.1) is 0 Å². The first-order valence-electron chi connectivity index (χ1n) is 15.7. The second kappa shape index (κ2) is 24.8. The Balaban J connectivity index is 1.82. The average Bonchev–Trinajstić information content (AvgIpc) is 3.31. The van der Waals surface area contributed by atoms with Gasteiger partial charge in [0.2, 0.25) is 0 Å². The lowest BCUT2D eigenvalue weighted by Crippen LogP contribution is -2.18. The van der Waals surface area contributed by atoms with Crippen LogP contribution in [0.25, 0.3) is 0 Å². The van der Waals surface area contributed by atoms with Crippen molar-refractivity contribution in [3.63, 3.8) is 0 Å². The SMILES string of the molecule is CCCCCOCCCCCCCCCCOCCCOC(=O)CC1CCC(OC(=O)CCCN(C)C)C1. The molecule has 0 aliphatic heterocycles. The Labute approximate surface area is 233 Å². The molecule has 0 aromatic carbocycles. The molecule has 7 heteroatoms. The van der Waals surface area contributed by atoms with Gasteiger partial charge in [-0.05, 0) is 71.5 Å². The fraction of sp³-hybridized carbons (Fsp3) is 0.935. The third-order valence-electron chi connectivity index (χ3n) is 7.15. The molecular weight excluding hydrogens is 482 g/mol. The number of ether oxygens (including phenoxy) is 4. The number of hydrogen-bond donors (Lipinski definition) is 0. The Hall–Kier alpha value is -1.18. The van der Waals surface area contributed by atoms with Crippen LogP contribution in [0, 0.1) is 5.92 Å². The summed E-state index contributed by atoms with van der Waals surface area (Å²) in [5, 5.41) is 0. The Kier molecular flexibility index (Phi) is 22.8. The van der Waals surface area contributed by atoms with E-state index in [2.05, 4.69) is 11.8 Å². The highest BCUT2D eigenvalue weighted by molar-refractivity contribution is 5.70. The van der Waals surface area contributed by atoms with Gasteiger partial charge in [0.1, 0.15) is 6.10 Å². The largest absolute Gasteiger partial charge is 0.466 e. The van der Waals surface area contributed by atoms with Crippen molar-refractivity contribution >= 4 is 11.9 Å². The molecule has 2 unspecified atom stereocenters. The Morgan fingerprint density at radius 2 is 1.26 bits per heavy atom. The number of unbranched alkanes of at least 4 members (excludes halogenated alkanes) is 9. The monoisotopic (exact) mass is 541 g/mol. The average molecular weight is 542 g/mol. The van der Waals surface area contributed by atoms with Gasteiger partial charge in [0, 0.05) is 45.7 Å². The maximum Gasteiger partial charge on any atom is 0.306 e. The van der Waals surface area contributed by atoms with Crippen LogP contribution in [0.1, 0.15) is 122 Å². The number of nitrogens with zero attached hydrogens (tertiary/aromatic N) is 1. The minimum Gasteiger partial charge on any atom is -0.466 e. The van der Waals surface area contributed by atoms with Gasteiger partial charge in [0.25, 0.3) is 0 Å². The molecule has 0 aromatic heterocycles. The van der Waals surface area contributed by atoms with Crippen LogP contribution in [0.4, 0.5) is 0 Å². The van der Waals surface area contributed by atoms with Crippen LogP contribution >= 0.6 is 0 Å². The zero-order chi connectivity index (χ0) is 27.7. The van der Waals surface area contributed by atoms with E-state index in [1.165, 1.54) is 64.2 Å². The number of carbonyl (C=O) groups is 2. The van der Waals surface area contributed by atoms with Crippen LogP contribution < -0.4 is 0 Å². The Morgan fingerprint density at radius 3 is 1.87 bits per heavy atom. The molecule has 0 heterocycles. The molecule has 1 aliphatic rings. The maximum atomic E-state index is 12.1. The van der Waals surface area contributed by atoms with Crippen LogP contribution in [0.15, 0.2) is 0 Å². The van der Waals surface area contributed by atoms with Crippen molar-refractivity contribution in [1.29, 1.82) is 0 Å². The van der Waals surface area contributed by atoms with Crippen molar-refractivity contribution in [2.24, 2.45) is 5.92 Å². The molecule has 1 rings (SSSR count). The summed E-state index contributed by atoms with van der Waals surface area (Å²) in [5.41, 5.74) is 0. The molecule has 0 bridgehead atoms. The van der Waals surface area contributed by atoms with E-state index in [4.69, 9.17) is 18.9 Å². The lowest BCUT2D eigenvalue weighted by Gasteiger charge is -2.14. The smallest absolute Gasteiger partial charge is 0.306 e. The van der Waals surface area contributed by atoms with Crippen molar-refractivity contribution in [1.82, 2.24) is 4.90 Å². The van der Waals surface area contributed by atoms with Gasteiger partial charge in [-0.2, -0.15) is 0 Å². The number of hydrogen-bond acceptors (Lipinski definition) is 7. The van der Waals surface area contributed by atoms with Crippen LogP contribution in [0.2, 0.25) is 0 Å². The van der Waals surface area contributed by atoms with Crippen LogP contribution in [-0.2, 0) is 28.5 Å². The molecule has 1 aliphatic carbocycles. The van der Waals surface area contributed by atoms with Crippen molar-refractivity contribution in [3.8, 4) is 0 Å². The zero-order valence-electron chi connectivity index (χ0n) is 25.0. The van der Waals surface area contributed by atoms with E-state index in [1.807, 2.05) is 14.1 Å². The summed E-state index contributed by atoms with van der Waals surface area (Å²) >= 11 is 0. The highest BCUT2D eigenvalue weighted by Crippen LogP contribution is 2.31. The summed E-state index contributed by atoms with van der Waals surface area (Å²) in [6, 6.07) is 0. The van der Waals surface area contributed by atoms with Crippen molar-refractivity contribution < 1.29 is 28.5 Å². The first-order valence-corrected chi connectivity index (χ1v) is 15.7. The topological polar surface area (TPSA) is 74.3 Å². The van der Waals surface area contributed by atoms with E-state index >= 15 is 0 Å². The molecule has 0 saturated heterocycles. The molecule has 224 valence electrons. The molecule has 2 atom stereocenters. The van der Waals surface area contributed by atoms with E-state index in [-0.39, 0.29) is 24.0 Å². The normalized spacial score (nSPS) is 17.3. The highest BCUT2D eigenvalue weighted by atomic mass is 16.5. The fourth-order valence-corrected chi connectivity index (χ4v) is 4.87. The van der Waals surface area contributed by atoms with E-state index in [9.17, 15) is 9.59 Å². The summed E-state index contributed by atoms with van der Waals surface area (Å²) in [4.78, 5) is 26.2. The maximum absolute atomic E-state index is 12.1. The predicted molar refractivity (Wildman–Crippen MR) is 153 cm³/mol. The van der Waals surface area contributed by atoms with Gasteiger partial charge in [0.15, 0.2) is 0 Å². The molecule has 0 N–H and O–H groups in total. The van der Waals surface area contributed by atoms with Crippen molar-refractivity contribution in [2.75, 3.05) is 53.7 Å². The summed E-state index contributed by atoms with van der Waals surface area (Å²) < 4.78 is 22.3. The van der Waals surface area contributed by atoms with Gasteiger partial charge in [-0.3, -0.25) is 9.59 Å². The van der Waals surface area contributed by atoms with Gasteiger partial charge >= 0.3 is 11.9 Å². The summed E-state index contributed by atoms with van der Waals surface area (Å²) in [6.07, 6.45) is 18.7. The van der Waals surface area contributed by atoms with Gasteiger partial charge < -0.3 is 23.8 Å². The number of esters is 2. The number of rotatable bonds is 26. The lowest BCUT2D eigenvalue weighted by atomic mass is 10.0. The fourth-order valence-electron chi connectivity index (χ4n) is 4.87. The highest BCUT2D eigenvalue weighted by Gasteiger charge is 2.29. The molecule has 7 nitrogen and oxygen atoms in total. The summed E-state index contributed by atoms with van der Waals surface area (Å²) in [7, 11) is 4.00. The molecule has 0 amide bonds. The standard InChI is InChI=1S/C31H59NO6/c1-4-5-12-21-35-22-13-10-8-6-7-9-11-14-23-36-24-16-25-37-31(34)27-28-18-19-29(26-28)38-30(33)17-15-20-32(2)3/h28-29H,4-27H2,1-3H3. The molecule has 1 saturated carbocycles. The van der Waals surface area contributed by atoms with Crippen LogP contribution in [0.3, 0.4) is 0 Å². The quantitative estimate of drug-likeness (QED) is 0.0890. The second-order valence-corrected chi connectivity index (χ2v) is 11.2. The first-order chi connectivity index (χ1) is 18.5. The van der Waals surface area contributed by atoms with Crippen LogP contribution in [0.5, 0.6) is 0 Å². The van der Waals surface area contributed by atoms with Gasteiger partial charge in [-0.1, -0.05) is 58.3 Å². The molecular formula is C31H59NO6. The van der Waals surface area contributed by atoms with E-state index in [0.717, 1.165) is 64.9 Å². The van der Waals surface area contributed by atoms with E-state index in [0.29, 0.717) is 26.1 Å². The third-order valence-corrected chi connectivity index (χ3v) is 7.15. The number of carbonyl (C=O) groups excluding carboxylic acids is 2. The lowest BCUT2D eigenvalue weighted by molar-refractivity contribution is -0.149. The molecule has 1 fully saturated rings. The Morgan fingerprint density at radius 1 is 0.684 bits per heavy atom. The van der Waals surface area contributed by atoms with Crippen molar-refractivity contribution in [2.45, 2.75) is 129 Å². The summed E-state index contributed by atoms with van der Waals surface area (Å²) in [6.45, 7) is 6.82. The van der Waals surface area contributed by atoms with E-state index in [1.54, 1.807) is 0 Å². The molecule has 0 spiro atoms. The minimum absolute atomic E-state index is 0.0435. The third kappa shape index (κ3) is 21.7. The van der Waals surface area contributed by atoms with Gasteiger partial charge in [-0.25, -0.2) is 0 Å². The first kappa shape index (κ1) is 34.8. The molecule has 0 radical (unpaired) electrons. The minimum atomic E-state index is -0.146. The predicted octanol–water partition coefficient (Wildman–Crippen LogP) is 6.71. The van der Waals surface area contributed by atoms with Crippen molar-refractivity contribution in [3.05, 3.63) is 0 Å². The zero-order valence-corrected chi connectivity index (χ0v) is 25.0. The van der Waals surface area contributed by atoms with Crippen LogP contribution in [-0.4, -0.2) is 76.6 Å². The summed E-state index contributed by atoms with van der Waals surface area (Å²) in [5.74, 6) is -0.00908. The molecule has 0 aromatic rings. The second-order valence-electron chi connectivity index (χ2n) is 11.2.